The third-order valence-electron chi connectivity index (χ3n) is 7.37. The van der Waals surface area contributed by atoms with Crippen molar-refractivity contribution in [2.45, 2.75) is 12.8 Å². The number of anilines is 3. The van der Waals surface area contributed by atoms with E-state index in [4.69, 9.17) is 10.2 Å². The van der Waals surface area contributed by atoms with Gasteiger partial charge in [0.2, 0.25) is 17.7 Å². The van der Waals surface area contributed by atoms with Gasteiger partial charge in [0.05, 0.1) is 17.4 Å². The Morgan fingerprint density at radius 1 is 1.13 bits per heavy atom. The first-order valence-electron chi connectivity index (χ1n) is 12.9. The van der Waals surface area contributed by atoms with E-state index in [1.54, 1.807) is 30.5 Å². The molecule has 0 radical (unpaired) electrons. The number of furan rings is 1. The van der Waals surface area contributed by atoms with Gasteiger partial charge in [0.25, 0.3) is 5.78 Å². The van der Waals surface area contributed by atoms with Crippen molar-refractivity contribution in [1.82, 2.24) is 29.5 Å². The highest BCUT2D eigenvalue weighted by atomic mass is 16.4. The van der Waals surface area contributed by atoms with Gasteiger partial charge in [0.1, 0.15) is 6.07 Å². The second kappa shape index (κ2) is 10.2. The molecule has 1 aromatic carbocycles. The predicted molar refractivity (Wildman–Crippen MR) is 142 cm³/mol. The number of piperazine rings is 1. The van der Waals surface area contributed by atoms with E-state index in [1.807, 2.05) is 12.1 Å². The summed E-state index contributed by atoms with van der Waals surface area (Å²) < 4.78 is 6.82. The number of rotatable bonds is 6. The Morgan fingerprint density at radius 2 is 1.97 bits per heavy atom. The van der Waals surface area contributed by atoms with Crippen LogP contribution in [0.3, 0.4) is 0 Å². The van der Waals surface area contributed by atoms with Crippen molar-refractivity contribution in [1.29, 1.82) is 5.26 Å². The van der Waals surface area contributed by atoms with E-state index >= 15 is 0 Å². The maximum Gasteiger partial charge on any atom is 0.337 e. The third-order valence-corrected chi connectivity index (χ3v) is 7.37. The fourth-order valence-corrected chi connectivity index (χ4v) is 5.40. The fraction of sp³-hybridized carbons (Fsp3) is 0.385. The zero-order chi connectivity index (χ0) is 26.9. The molecule has 3 aromatic heterocycles. The van der Waals surface area contributed by atoms with Gasteiger partial charge in [0.15, 0.2) is 5.76 Å². The van der Waals surface area contributed by atoms with Crippen molar-refractivity contribution in [3.8, 4) is 17.7 Å². The quantitative estimate of drug-likeness (QED) is 0.374. The molecule has 2 aliphatic heterocycles. The minimum Gasteiger partial charge on any atom is -0.478 e. The largest absolute Gasteiger partial charge is 0.478 e. The highest BCUT2D eigenvalue weighted by Gasteiger charge is 2.27. The fourth-order valence-electron chi connectivity index (χ4n) is 5.40. The first-order chi connectivity index (χ1) is 19.0. The topological polar surface area (TPSA) is 166 Å². The number of fused-ring (bicyclic) bond motifs is 1. The van der Waals surface area contributed by atoms with E-state index in [0.29, 0.717) is 29.2 Å². The minimum atomic E-state index is -1.08. The maximum absolute atomic E-state index is 11.5. The molecule has 0 bridgehead atoms. The number of carboxylic acids is 1. The van der Waals surface area contributed by atoms with E-state index in [-0.39, 0.29) is 17.1 Å². The lowest BCUT2D eigenvalue weighted by Gasteiger charge is -2.40. The molecule has 2 fully saturated rings. The van der Waals surface area contributed by atoms with Crippen molar-refractivity contribution in [2.75, 3.05) is 61.3 Å². The molecule has 0 aliphatic carbocycles. The van der Waals surface area contributed by atoms with Gasteiger partial charge >= 0.3 is 5.97 Å². The molecule has 200 valence electrons. The molecule has 6 rings (SSSR count). The number of carbonyl (C=O) groups is 1. The van der Waals surface area contributed by atoms with E-state index in [9.17, 15) is 15.2 Å². The molecule has 13 heteroatoms. The Hall–Kier alpha value is -4.70. The summed E-state index contributed by atoms with van der Waals surface area (Å²) in [5, 5.41) is 23.0. The Labute approximate surface area is 224 Å². The van der Waals surface area contributed by atoms with Crippen LogP contribution in [-0.4, -0.2) is 86.4 Å². The van der Waals surface area contributed by atoms with Crippen molar-refractivity contribution >= 4 is 29.3 Å². The molecule has 5 heterocycles. The Kier molecular flexibility index (Phi) is 6.45. The van der Waals surface area contributed by atoms with Gasteiger partial charge in [-0.25, -0.2) is 4.79 Å². The molecule has 39 heavy (non-hydrogen) atoms. The highest BCUT2D eigenvalue weighted by Crippen LogP contribution is 2.25. The first-order valence-corrected chi connectivity index (χ1v) is 12.9. The van der Waals surface area contributed by atoms with E-state index in [2.05, 4.69) is 34.8 Å². The number of nitrogens with two attached hydrogens (primary N) is 1. The SMILES string of the molecule is N#Cc1ccc(N2CCN(C[C@@H]3CCCN(c4nc(N)n5nc(-c6ccco6)nc5n4)C3)CC2)cc1C(=O)O. The number of benzene rings is 1. The van der Waals surface area contributed by atoms with Crippen LogP contribution in [0.1, 0.15) is 28.8 Å². The van der Waals surface area contributed by atoms with Crippen molar-refractivity contribution in [2.24, 2.45) is 5.92 Å². The Bertz CT molecular complexity index is 1540. The predicted octanol–water partition coefficient (Wildman–Crippen LogP) is 1.97. The van der Waals surface area contributed by atoms with Crippen molar-refractivity contribution in [3.63, 3.8) is 0 Å². The van der Waals surface area contributed by atoms with Crippen molar-refractivity contribution in [3.05, 3.63) is 47.7 Å². The summed E-state index contributed by atoms with van der Waals surface area (Å²) >= 11 is 0. The molecule has 0 unspecified atom stereocenters. The molecule has 1 atom stereocenters. The summed E-state index contributed by atoms with van der Waals surface area (Å²) in [4.78, 5) is 32.0. The summed E-state index contributed by atoms with van der Waals surface area (Å²) in [6, 6.07) is 10.5. The zero-order valence-electron chi connectivity index (χ0n) is 21.3. The molecule has 2 aliphatic rings. The van der Waals surface area contributed by atoms with Crippen LogP contribution < -0.4 is 15.5 Å². The number of nitrogen functional groups attached to an aromatic ring is 1. The van der Waals surface area contributed by atoms with Crippen LogP contribution in [0.2, 0.25) is 0 Å². The van der Waals surface area contributed by atoms with Gasteiger partial charge in [-0.1, -0.05) is 0 Å². The van der Waals surface area contributed by atoms with Gasteiger partial charge < -0.3 is 25.1 Å². The molecule has 2 saturated heterocycles. The standard InChI is InChI=1S/C26H28N10O3/c27-14-18-5-6-19(13-20(18)23(37)38)34-10-8-33(9-11-34)15-17-3-1-7-35(16-17)25-30-24(28)36-26(31-25)29-22(32-36)21-4-2-12-39-21/h2,4-6,12-13,17H,1,3,7-11,15-16H2,(H,37,38)(H2,28,29,30,31,32)/t17-/m0/s1. The van der Waals surface area contributed by atoms with E-state index in [0.717, 1.165) is 64.3 Å². The van der Waals surface area contributed by atoms with Gasteiger partial charge in [-0.15, -0.1) is 5.10 Å². The van der Waals surface area contributed by atoms with Crippen LogP contribution in [-0.2, 0) is 0 Å². The molecule has 0 amide bonds. The van der Waals surface area contributed by atoms with Crippen LogP contribution in [0, 0.1) is 17.2 Å². The monoisotopic (exact) mass is 528 g/mol. The normalized spacial score (nSPS) is 18.4. The first kappa shape index (κ1) is 24.6. The second-order valence-electron chi connectivity index (χ2n) is 9.90. The minimum absolute atomic E-state index is 0.0455. The van der Waals surface area contributed by atoms with Crippen LogP contribution in [0.25, 0.3) is 17.4 Å². The molecule has 3 N–H and O–H groups in total. The number of piperidine rings is 1. The Morgan fingerprint density at radius 3 is 2.72 bits per heavy atom. The summed E-state index contributed by atoms with van der Waals surface area (Å²) in [7, 11) is 0. The number of hydrogen-bond donors (Lipinski definition) is 2. The second-order valence-corrected chi connectivity index (χ2v) is 9.90. The number of aromatic nitrogens is 5. The van der Waals surface area contributed by atoms with Gasteiger partial charge in [-0.3, -0.25) is 4.90 Å². The van der Waals surface area contributed by atoms with E-state index < -0.39 is 5.97 Å². The Balaban J connectivity index is 1.09. The molecule has 0 spiro atoms. The number of nitriles is 1. The van der Waals surface area contributed by atoms with Gasteiger partial charge in [0, 0.05) is 51.5 Å². The van der Waals surface area contributed by atoms with Crippen molar-refractivity contribution < 1.29 is 14.3 Å². The molecule has 13 nitrogen and oxygen atoms in total. The lowest BCUT2D eigenvalue weighted by atomic mass is 9.97. The molecular formula is C26H28N10O3. The average Bonchev–Trinajstić information content (AvgIpc) is 3.64. The lowest BCUT2D eigenvalue weighted by molar-refractivity contribution is 0.0696. The maximum atomic E-state index is 11.5. The lowest BCUT2D eigenvalue weighted by Crippen LogP contribution is -2.50. The van der Waals surface area contributed by atoms with Crippen LogP contribution in [0.15, 0.2) is 41.0 Å². The summed E-state index contributed by atoms with van der Waals surface area (Å²) in [5.41, 5.74) is 7.27. The van der Waals surface area contributed by atoms with Crippen LogP contribution >= 0.6 is 0 Å². The summed E-state index contributed by atoms with van der Waals surface area (Å²) in [6.07, 6.45) is 3.73. The third kappa shape index (κ3) is 4.94. The number of nitrogens with zero attached hydrogens (tertiary/aromatic N) is 9. The molecular weight excluding hydrogens is 500 g/mol. The van der Waals surface area contributed by atoms with Gasteiger partial charge in [-0.2, -0.15) is 24.7 Å². The zero-order valence-corrected chi connectivity index (χ0v) is 21.3. The van der Waals surface area contributed by atoms with E-state index in [1.165, 1.54) is 4.52 Å². The molecule has 0 saturated carbocycles. The van der Waals surface area contributed by atoms with Crippen LogP contribution in [0.5, 0.6) is 0 Å². The highest BCUT2D eigenvalue weighted by molar-refractivity contribution is 5.91. The average molecular weight is 529 g/mol. The van der Waals surface area contributed by atoms with Gasteiger partial charge in [-0.05, 0) is 49.1 Å². The van der Waals surface area contributed by atoms with Crippen LogP contribution in [0.4, 0.5) is 17.6 Å². The number of aromatic carboxylic acids is 1. The molecule has 4 aromatic rings. The smallest absolute Gasteiger partial charge is 0.337 e. The summed E-state index contributed by atoms with van der Waals surface area (Å²) in [5.74, 6) is 1.50. The summed E-state index contributed by atoms with van der Waals surface area (Å²) in [6.45, 7) is 5.98. The number of carboxylic acid groups (broad SMARTS) is 1. The number of hydrogen-bond acceptors (Lipinski definition) is 11.